The van der Waals surface area contributed by atoms with Gasteiger partial charge < -0.3 is 14.9 Å². The van der Waals surface area contributed by atoms with Crippen LogP contribution in [0.2, 0.25) is 0 Å². The van der Waals surface area contributed by atoms with Crippen LogP contribution in [0.5, 0.6) is 0 Å². The van der Waals surface area contributed by atoms with E-state index in [1.807, 2.05) is 43.7 Å². The van der Waals surface area contributed by atoms with E-state index in [1.165, 1.54) is 0 Å². The highest BCUT2D eigenvalue weighted by Crippen LogP contribution is 2.18. The molecule has 4 aromatic rings. The fourth-order valence-corrected chi connectivity index (χ4v) is 3.71. The Kier molecular flexibility index (Phi) is 5.52. The highest BCUT2D eigenvalue weighted by molar-refractivity contribution is 5.95. The van der Waals surface area contributed by atoms with Crippen LogP contribution in [0.1, 0.15) is 27.0 Å². The van der Waals surface area contributed by atoms with Gasteiger partial charge in [-0.2, -0.15) is 5.10 Å². The Morgan fingerprint density at radius 3 is 2.83 bits per heavy atom. The minimum absolute atomic E-state index is 0.211. The van der Waals surface area contributed by atoms with Gasteiger partial charge in [-0.05, 0) is 48.6 Å². The molecule has 154 valence electrons. The Morgan fingerprint density at radius 1 is 1.20 bits per heavy atom. The lowest BCUT2D eigenvalue weighted by Crippen LogP contribution is -2.35. The molecule has 0 atom stereocenters. The van der Waals surface area contributed by atoms with Crippen molar-refractivity contribution in [1.29, 1.82) is 0 Å². The van der Waals surface area contributed by atoms with Crippen LogP contribution in [-0.2, 0) is 26.4 Å². The first-order valence-corrected chi connectivity index (χ1v) is 10.0. The van der Waals surface area contributed by atoms with Crippen molar-refractivity contribution in [2.45, 2.75) is 26.3 Å². The zero-order chi connectivity index (χ0) is 21.1. The summed E-state index contributed by atoms with van der Waals surface area (Å²) in [4.78, 5) is 28.9. The zero-order valence-electron chi connectivity index (χ0n) is 17.2. The molecule has 3 heterocycles. The number of rotatable bonds is 7. The number of aromatic amines is 1. The molecule has 0 bridgehead atoms. The van der Waals surface area contributed by atoms with Gasteiger partial charge in [0.05, 0.1) is 6.20 Å². The molecule has 0 aliphatic carbocycles. The van der Waals surface area contributed by atoms with Gasteiger partial charge >= 0.3 is 0 Å². The van der Waals surface area contributed by atoms with Crippen LogP contribution in [0.15, 0.2) is 59.9 Å². The summed E-state index contributed by atoms with van der Waals surface area (Å²) in [6.45, 7) is 2.76. The maximum atomic E-state index is 13.0. The molecule has 0 spiro atoms. The van der Waals surface area contributed by atoms with Crippen LogP contribution in [-0.4, -0.2) is 31.8 Å². The molecule has 2 N–H and O–H groups in total. The van der Waals surface area contributed by atoms with Gasteiger partial charge in [-0.3, -0.25) is 14.3 Å². The number of para-hydroxylation sites is 1. The fraction of sp³-hybridized carbons (Fsp3) is 0.261. The number of amides is 1. The van der Waals surface area contributed by atoms with Gasteiger partial charge in [0.25, 0.3) is 11.5 Å². The predicted octanol–water partition coefficient (Wildman–Crippen LogP) is 2.59. The number of pyridine rings is 1. The van der Waals surface area contributed by atoms with E-state index in [2.05, 4.69) is 21.5 Å². The number of hydrogen-bond donors (Lipinski definition) is 2. The molecule has 1 aromatic carbocycles. The maximum Gasteiger partial charge on any atom is 0.263 e. The second kappa shape index (κ2) is 8.41. The lowest BCUT2D eigenvalue weighted by molar-refractivity contribution is 0.0951. The first-order chi connectivity index (χ1) is 14.5. The molecular formula is C23H25N5O2. The number of nitrogens with one attached hydrogen (secondary N) is 2. The molecule has 0 saturated heterocycles. The second-order valence-corrected chi connectivity index (χ2v) is 7.51. The minimum Gasteiger partial charge on any atom is -0.361 e. The van der Waals surface area contributed by atoms with E-state index in [9.17, 15) is 9.59 Å². The van der Waals surface area contributed by atoms with Crippen molar-refractivity contribution in [3.05, 3.63) is 87.7 Å². The molecule has 0 saturated carbocycles. The standard InChI is InChI=1S/C23H25N5O2/c1-16-8-11-28(12-9-18-14-25-20-6-4-3-5-19(18)20)23(30)21(16)22(29)24-10-7-17-13-26-27(2)15-17/h3-6,8,11,13-15,25H,7,9-10,12H2,1-2H3,(H,24,29). The molecule has 7 heteroatoms. The molecule has 1 amide bonds. The lowest BCUT2D eigenvalue weighted by Gasteiger charge is -2.11. The average molecular weight is 403 g/mol. The minimum atomic E-state index is -0.331. The Hall–Kier alpha value is -3.61. The molecule has 0 fully saturated rings. The molecule has 3 aromatic heterocycles. The van der Waals surface area contributed by atoms with Crippen LogP contribution in [0.25, 0.3) is 10.9 Å². The summed E-state index contributed by atoms with van der Waals surface area (Å²) in [6.07, 6.45) is 8.80. The number of benzene rings is 1. The fourth-order valence-electron chi connectivity index (χ4n) is 3.71. The van der Waals surface area contributed by atoms with Crippen molar-refractivity contribution in [1.82, 2.24) is 24.6 Å². The third-order valence-corrected chi connectivity index (χ3v) is 5.36. The number of aromatic nitrogens is 4. The smallest absolute Gasteiger partial charge is 0.263 e. The summed E-state index contributed by atoms with van der Waals surface area (Å²) >= 11 is 0. The molecule has 0 unspecified atom stereocenters. The van der Waals surface area contributed by atoms with Gasteiger partial charge in [0.2, 0.25) is 0 Å². The summed E-state index contributed by atoms with van der Waals surface area (Å²) < 4.78 is 3.34. The number of H-pyrrole nitrogens is 1. The number of fused-ring (bicyclic) bond motifs is 1. The van der Waals surface area contributed by atoms with Gasteiger partial charge in [0.1, 0.15) is 5.56 Å². The largest absolute Gasteiger partial charge is 0.361 e. The molecular weight excluding hydrogens is 378 g/mol. The molecule has 0 aliphatic heterocycles. The summed E-state index contributed by atoms with van der Waals surface area (Å²) in [6, 6.07) is 9.93. The van der Waals surface area contributed by atoms with E-state index in [-0.39, 0.29) is 17.0 Å². The summed E-state index contributed by atoms with van der Waals surface area (Å²) in [5, 5.41) is 8.14. The molecule has 4 rings (SSSR count). The zero-order valence-corrected chi connectivity index (χ0v) is 17.2. The van der Waals surface area contributed by atoms with Crippen molar-refractivity contribution in [3.63, 3.8) is 0 Å². The number of hydrogen-bond acceptors (Lipinski definition) is 3. The van der Waals surface area contributed by atoms with Crippen LogP contribution in [0.3, 0.4) is 0 Å². The van der Waals surface area contributed by atoms with Gasteiger partial charge in [0.15, 0.2) is 0 Å². The van der Waals surface area contributed by atoms with Crippen LogP contribution in [0, 0.1) is 6.92 Å². The first kappa shape index (κ1) is 19.7. The third kappa shape index (κ3) is 4.05. The van der Waals surface area contributed by atoms with Gasteiger partial charge in [-0.25, -0.2) is 0 Å². The number of aryl methyl sites for hydroxylation is 4. The predicted molar refractivity (Wildman–Crippen MR) is 117 cm³/mol. The van der Waals surface area contributed by atoms with Crippen LogP contribution in [0.4, 0.5) is 0 Å². The summed E-state index contributed by atoms with van der Waals surface area (Å²) in [5.41, 5.74) is 3.91. The van der Waals surface area contributed by atoms with Gasteiger partial charge in [0, 0.05) is 49.6 Å². The number of carbonyl (C=O) groups excluding carboxylic acids is 1. The van der Waals surface area contributed by atoms with E-state index in [0.717, 1.165) is 22.0 Å². The topological polar surface area (TPSA) is 84.7 Å². The summed E-state index contributed by atoms with van der Waals surface area (Å²) in [7, 11) is 1.86. The van der Waals surface area contributed by atoms with Gasteiger partial charge in [-0.15, -0.1) is 0 Å². The molecule has 0 radical (unpaired) electrons. The lowest BCUT2D eigenvalue weighted by atomic mass is 10.1. The van der Waals surface area contributed by atoms with Crippen LogP contribution >= 0.6 is 0 Å². The molecule has 30 heavy (non-hydrogen) atoms. The SMILES string of the molecule is Cc1ccn(CCc2c[nH]c3ccccc23)c(=O)c1C(=O)NCCc1cnn(C)c1. The second-order valence-electron chi connectivity index (χ2n) is 7.51. The summed E-state index contributed by atoms with van der Waals surface area (Å²) in [5.74, 6) is -0.331. The van der Waals surface area contributed by atoms with Crippen molar-refractivity contribution in [3.8, 4) is 0 Å². The Labute approximate surface area is 174 Å². The average Bonchev–Trinajstić information content (AvgIpc) is 3.33. The van der Waals surface area contributed by atoms with Crippen molar-refractivity contribution >= 4 is 16.8 Å². The maximum absolute atomic E-state index is 13.0. The normalized spacial score (nSPS) is 11.1. The van der Waals surface area contributed by atoms with Crippen LogP contribution < -0.4 is 10.9 Å². The molecule has 7 nitrogen and oxygen atoms in total. The number of carbonyl (C=O) groups is 1. The van der Waals surface area contributed by atoms with Gasteiger partial charge in [-0.1, -0.05) is 18.2 Å². The molecule has 0 aliphatic rings. The Morgan fingerprint density at radius 2 is 2.03 bits per heavy atom. The third-order valence-electron chi connectivity index (χ3n) is 5.36. The van der Waals surface area contributed by atoms with E-state index in [4.69, 9.17) is 0 Å². The van der Waals surface area contributed by atoms with Crippen molar-refractivity contribution < 1.29 is 4.79 Å². The quantitative estimate of drug-likeness (QED) is 0.497. The van der Waals surface area contributed by atoms with E-state index in [1.54, 1.807) is 28.6 Å². The van der Waals surface area contributed by atoms with Crippen molar-refractivity contribution in [2.24, 2.45) is 7.05 Å². The van der Waals surface area contributed by atoms with E-state index in [0.29, 0.717) is 31.5 Å². The Balaban J connectivity index is 1.45. The number of nitrogens with zero attached hydrogens (tertiary/aromatic N) is 3. The highest BCUT2D eigenvalue weighted by atomic mass is 16.2. The monoisotopic (exact) mass is 403 g/mol. The first-order valence-electron chi connectivity index (χ1n) is 10.0. The Bertz CT molecular complexity index is 1250. The highest BCUT2D eigenvalue weighted by Gasteiger charge is 2.16. The van der Waals surface area contributed by atoms with E-state index >= 15 is 0 Å². The van der Waals surface area contributed by atoms with E-state index < -0.39 is 0 Å². The van der Waals surface area contributed by atoms with Crippen molar-refractivity contribution in [2.75, 3.05) is 6.54 Å².